The number of carboxylic acids is 1. The largest absolute Gasteiger partial charge is 0.481 e. The Balaban J connectivity index is 2.69. The Morgan fingerprint density at radius 1 is 1.23 bits per heavy atom. The van der Waals surface area contributed by atoms with E-state index in [0.29, 0.717) is 4.90 Å². The topological polar surface area (TPSA) is 81.1 Å². The number of halogens is 3. The molecule has 0 spiro atoms. The minimum Gasteiger partial charge on any atom is -0.481 e. The van der Waals surface area contributed by atoms with Gasteiger partial charge in [-0.2, -0.15) is 13.2 Å². The number of rotatable bonds is 3. The number of carboxylic acid groups (broad SMARTS) is 1. The van der Waals surface area contributed by atoms with Crippen LogP contribution < -0.4 is 0 Å². The molecule has 2 amide bonds. The predicted octanol–water partition coefficient (Wildman–Crippen LogP) is 1.54. The second-order valence-electron chi connectivity index (χ2n) is 6.20. The van der Waals surface area contributed by atoms with Crippen LogP contribution >= 0.6 is 0 Å². The fourth-order valence-corrected chi connectivity index (χ4v) is 2.47. The molecule has 0 bridgehead atoms. The molecule has 22 heavy (non-hydrogen) atoms. The fraction of sp³-hybridized carbons (Fsp3) is 0.846. The van der Waals surface area contributed by atoms with Gasteiger partial charge in [-0.15, -0.1) is 0 Å². The lowest BCUT2D eigenvalue weighted by molar-refractivity contribution is -0.170. The summed E-state index contributed by atoms with van der Waals surface area (Å²) in [5.41, 5.74) is -2.90. The van der Waals surface area contributed by atoms with Gasteiger partial charge in [0.05, 0.1) is 11.0 Å². The number of nitrogens with zero attached hydrogens (tertiary/aromatic N) is 2. The lowest BCUT2D eigenvalue weighted by atomic mass is 9.69. The molecule has 0 unspecified atom stereocenters. The first-order chi connectivity index (χ1) is 9.80. The Kier molecular flexibility index (Phi) is 5.01. The molecule has 128 valence electrons. The number of piperidine rings is 1. The third kappa shape index (κ3) is 3.82. The molecule has 0 aromatic heterocycles. The van der Waals surface area contributed by atoms with Crippen molar-refractivity contribution in [3.63, 3.8) is 0 Å². The maximum atomic E-state index is 12.3. The highest BCUT2D eigenvalue weighted by molar-refractivity contribution is 5.76. The number of hydrogen-bond donors (Lipinski definition) is 2. The van der Waals surface area contributed by atoms with Crippen LogP contribution in [0.2, 0.25) is 0 Å². The molecule has 0 aliphatic carbocycles. The van der Waals surface area contributed by atoms with Crippen molar-refractivity contribution >= 4 is 12.0 Å². The lowest BCUT2D eigenvalue weighted by Gasteiger charge is -2.45. The van der Waals surface area contributed by atoms with E-state index in [1.165, 1.54) is 18.7 Å². The first-order valence-electron chi connectivity index (χ1n) is 6.83. The number of amides is 2. The molecule has 1 aliphatic heterocycles. The van der Waals surface area contributed by atoms with E-state index in [1.807, 2.05) is 0 Å². The van der Waals surface area contributed by atoms with Crippen LogP contribution in [0.4, 0.5) is 18.0 Å². The molecule has 0 radical (unpaired) electrons. The maximum absolute atomic E-state index is 12.3. The van der Waals surface area contributed by atoms with E-state index in [4.69, 9.17) is 0 Å². The number of hydrogen-bond acceptors (Lipinski definition) is 3. The van der Waals surface area contributed by atoms with Gasteiger partial charge in [-0.3, -0.25) is 4.79 Å². The summed E-state index contributed by atoms with van der Waals surface area (Å²) < 4.78 is 36.9. The zero-order chi connectivity index (χ0) is 17.3. The van der Waals surface area contributed by atoms with Crippen LogP contribution in [0.1, 0.15) is 26.7 Å². The normalized spacial score (nSPS) is 19.0. The van der Waals surface area contributed by atoms with Gasteiger partial charge in [0.2, 0.25) is 0 Å². The van der Waals surface area contributed by atoms with Crippen LogP contribution in [0.25, 0.3) is 0 Å². The Morgan fingerprint density at radius 3 is 2.05 bits per heavy atom. The molecule has 9 heteroatoms. The minimum atomic E-state index is -4.48. The van der Waals surface area contributed by atoms with E-state index in [1.54, 1.807) is 0 Å². The summed E-state index contributed by atoms with van der Waals surface area (Å²) in [4.78, 5) is 24.9. The molecule has 0 saturated carbocycles. The summed E-state index contributed by atoms with van der Waals surface area (Å²) in [7, 11) is 1.05. The van der Waals surface area contributed by atoms with E-state index in [-0.39, 0.29) is 25.9 Å². The molecule has 1 rings (SSSR count). The van der Waals surface area contributed by atoms with Gasteiger partial charge < -0.3 is 20.0 Å². The molecule has 6 nitrogen and oxygen atoms in total. The number of carbonyl (C=O) groups is 2. The van der Waals surface area contributed by atoms with Crippen molar-refractivity contribution < 1.29 is 33.0 Å². The summed E-state index contributed by atoms with van der Waals surface area (Å²) in [6.07, 6.45) is -4.48. The summed E-state index contributed by atoms with van der Waals surface area (Å²) in [5, 5.41) is 19.7. The first kappa shape index (κ1) is 18.5. The number of carbonyl (C=O) groups excluding carboxylic acids is 1. The van der Waals surface area contributed by atoms with Crippen LogP contribution in [-0.4, -0.2) is 70.5 Å². The molecule has 1 saturated heterocycles. The SMILES string of the molecule is CN(CC(F)(F)F)C(=O)N1CCC(O)(C(C)(C)C(=O)O)CC1. The average molecular weight is 326 g/mol. The molecule has 0 atom stereocenters. The fourth-order valence-electron chi connectivity index (χ4n) is 2.47. The summed E-state index contributed by atoms with van der Waals surface area (Å²) >= 11 is 0. The van der Waals surface area contributed by atoms with Crippen molar-refractivity contribution in [2.24, 2.45) is 5.41 Å². The number of aliphatic carboxylic acids is 1. The highest BCUT2D eigenvalue weighted by Gasteiger charge is 2.51. The van der Waals surface area contributed by atoms with E-state index in [0.717, 1.165) is 7.05 Å². The third-order valence-electron chi connectivity index (χ3n) is 4.30. The smallest absolute Gasteiger partial charge is 0.406 e. The van der Waals surface area contributed by atoms with Gasteiger partial charge in [-0.05, 0) is 26.7 Å². The second-order valence-corrected chi connectivity index (χ2v) is 6.20. The van der Waals surface area contributed by atoms with E-state index in [2.05, 4.69) is 0 Å². The quantitative estimate of drug-likeness (QED) is 0.824. The molecule has 1 fully saturated rings. The highest BCUT2D eigenvalue weighted by Crippen LogP contribution is 2.39. The standard InChI is InChI=1S/C13H21F3N2O4/c1-11(2,9(19)20)12(22)4-6-18(7-5-12)10(21)17(3)8-13(14,15)16/h22H,4-8H2,1-3H3,(H,19,20). The number of urea groups is 1. The Morgan fingerprint density at radius 2 is 1.68 bits per heavy atom. The monoisotopic (exact) mass is 326 g/mol. The van der Waals surface area contributed by atoms with Gasteiger partial charge in [0.1, 0.15) is 6.54 Å². The number of alkyl halides is 3. The van der Waals surface area contributed by atoms with Gasteiger partial charge >= 0.3 is 18.2 Å². The van der Waals surface area contributed by atoms with Gasteiger partial charge in [0, 0.05) is 20.1 Å². The van der Waals surface area contributed by atoms with Crippen LogP contribution in [0, 0.1) is 5.41 Å². The number of likely N-dealkylation sites (tertiary alicyclic amines) is 1. The summed E-state index contributed by atoms with van der Waals surface area (Å²) in [5.74, 6) is -1.16. The molecule has 0 aromatic rings. The molecule has 1 heterocycles. The van der Waals surface area contributed by atoms with E-state index >= 15 is 0 Å². The number of aliphatic hydroxyl groups is 1. The van der Waals surface area contributed by atoms with Crippen molar-refractivity contribution in [1.82, 2.24) is 9.80 Å². The zero-order valence-electron chi connectivity index (χ0n) is 12.8. The van der Waals surface area contributed by atoms with Crippen molar-refractivity contribution in [2.75, 3.05) is 26.7 Å². The van der Waals surface area contributed by atoms with Crippen molar-refractivity contribution in [1.29, 1.82) is 0 Å². The van der Waals surface area contributed by atoms with E-state index < -0.39 is 35.7 Å². The van der Waals surface area contributed by atoms with Crippen molar-refractivity contribution in [3.05, 3.63) is 0 Å². The van der Waals surface area contributed by atoms with Gasteiger partial charge in [0.25, 0.3) is 0 Å². The molecular formula is C13H21F3N2O4. The first-order valence-corrected chi connectivity index (χ1v) is 6.83. The molecular weight excluding hydrogens is 305 g/mol. The highest BCUT2D eigenvalue weighted by atomic mass is 19.4. The van der Waals surface area contributed by atoms with Gasteiger partial charge in [0.15, 0.2) is 0 Å². The van der Waals surface area contributed by atoms with Crippen LogP contribution in [0.3, 0.4) is 0 Å². The Hall–Kier alpha value is -1.51. The Labute approximate surface area is 126 Å². The van der Waals surface area contributed by atoms with Gasteiger partial charge in [-0.1, -0.05) is 0 Å². The molecule has 2 N–H and O–H groups in total. The summed E-state index contributed by atoms with van der Waals surface area (Å²) in [6.45, 7) is 1.45. The third-order valence-corrected chi connectivity index (χ3v) is 4.30. The minimum absolute atomic E-state index is 0.00209. The van der Waals surface area contributed by atoms with Crippen molar-refractivity contribution in [3.8, 4) is 0 Å². The van der Waals surface area contributed by atoms with Crippen LogP contribution in [0.15, 0.2) is 0 Å². The van der Waals surface area contributed by atoms with E-state index in [9.17, 15) is 33.0 Å². The maximum Gasteiger partial charge on any atom is 0.406 e. The Bertz CT molecular complexity index is 443. The van der Waals surface area contributed by atoms with Gasteiger partial charge in [-0.25, -0.2) is 4.79 Å². The zero-order valence-corrected chi connectivity index (χ0v) is 12.8. The summed E-state index contributed by atoms with van der Waals surface area (Å²) in [6, 6.07) is -0.785. The van der Waals surface area contributed by atoms with Crippen LogP contribution in [0.5, 0.6) is 0 Å². The molecule has 0 aromatic carbocycles. The average Bonchev–Trinajstić information content (AvgIpc) is 2.36. The predicted molar refractivity (Wildman–Crippen MR) is 71.3 cm³/mol. The molecule has 1 aliphatic rings. The second kappa shape index (κ2) is 5.94. The van der Waals surface area contributed by atoms with Crippen LogP contribution in [-0.2, 0) is 4.79 Å². The van der Waals surface area contributed by atoms with Crippen molar-refractivity contribution in [2.45, 2.75) is 38.5 Å². The lowest BCUT2D eigenvalue weighted by Crippen LogP contribution is -2.58.